The zero-order valence-electron chi connectivity index (χ0n) is 20.2. The van der Waals surface area contributed by atoms with Crippen LogP contribution in [0.25, 0.3) is 0 Å². The van der Waals surface area contributed by atoms with E-state index in [0.717, 1.165) is 16.9 Å². The van der Waals surface area contributed by atoms with Crippen molar-refractivity contribution in [1.29, 1.82) is 5.26 Å². The van der Waals surface area contributed by atoms with E-state index in [1.54, 1.807) is 24.3 Å². The Hall–Kier alpha value is -4.31. The van der Waals surface area contributed by atoms with E-state index in [2.05, 4.69) is 30.0 Å². The van der Waals surface area contributed by atoms with Gasteiger partial charge in [0.15, 0.2) is 6.61 Å². The van der Waals surface area contributed by atoms with Crippen LogP contribution in [-0.4, -0.2) is 32.1 Å². The first-order chi connectivity index (χ1) is 16.9. The number of carbonyl (C=O) groups excluding carboxylic acids is 2. The predicted molar refractivity (Wildman–Crippen MR) is 135 cm³/mol. The van der Waals surface area contributed by atoms with E-state index in [-0.39, 0.29) is 19.1 Å². The van der Waals surface area contributed by atoms with Crippen molar-refractivity contribution >= 4 is 23.3 Å². The van der Waals surface area contributed by atoms with Gasteiger partial charge in [-0.1, -0.05) is 44.2 Å². The van der Waals surface area contributed by atoms with Crippen LogP contribution in [-0.2, 0) is 20.9 Å². The van der Waals surface area contributed by atoms with Crippen molar-refractivity contribution in [2.75, 3.05) is 30.5 Å². The lowest BCUT2D eigenvalue weighted by Crippen LogP contribution is -2.33. The van der Waals surface area contributed by atoms with Crippen LogP contribution >= 0.6 is 0 Å². The van der Waals surface area contributed by atoms with Gasteiger partial charge >= 0.3 is 5.97 Å². The summed E-state index contributed by atoms with van der Waals surface area (Å²) in [7, 11) is 1.30. The summed E-state index contributed by atoms with van der Waals surface area (Å²) < 4.78 is 10.1. The number of hydrogen-bond acceptors (Lipinski definition) is 6. The number of carbonyl (C=O) groups is 2. The van der Waals surface area contributed by atoms with Crippen molar-refractivity contribution < 1.29 is 19.1 Å². The average Bonchev–Trinajstić information content (AvgIpc) is 2.87. The zero-order valence-corrected chi connectivity index (χ0v) is 20.2. The van der Waals surface area contributed by atoms with Gasteiger partial charge in [0.2, 0.25) is 5.91 Å². The van der Waals surface area contributed by atoms with Gasteiger partial charge in [0.1, 0.15) is 5.75 Å². The number of hydrogen-bond donors (Lipinski definition) is 1. The molecule has 0 unspecified atom stereocenters. The van der Waals surface area contributed by atoms with Crippen LogP contribution in [0.3, 0.4) is 0 Å². The van der Waals surface area contributed by atoms with Crippen LogP contribution < -0.4 is 15.0 Å². The van der Waals surface area contributed by atoms with Gasteiger partial charge in [0, 0.05) is 17.9 Å². The molecule has 0 spiro atoms. The maximum atomic E-state index is 12.9. The van der Waals surface area contributed by atoms with Gasteiger partial charge in [-0.25, -0.2) is 4.79 Å². The molecule has 180 valence electrons. The Bertz CT molecular complexity index is 1200. The van der Waals surface area contributed by atoms with Crippen LogP contribution in [0.1, 0.15) is 36.5 Å². The van der Waals surface area contributed by atoms with Gasteiger partial charge < -0.3 is 19.7 Å². The summed E-state index contributed by atoms with van der Waals surface area (Å²) in [4.78, 5) is 26.2. The van der Waals surface area contributed by atoms with Crippen LogP contribution in [0.5, 0.6) is 5.75 Å². The number of ether oxygens (including phenoxy) is 2. The van der Waals surface area contributed by atoms with Gasteiger partial charge in [-0.3, -0.25) is 4.79 Å². The second-order valence-corrected chi connectivity index (χ2v) is 8.36. The molecule has 3 rings (SSSR count). The molecule has 0 fully saturated rings. The van der Waals surface area contributed by atoms with Gasteiger partial charge in [0.05, 0.1) is 25.3 Å². The number of amides is 1. The van der Waals surface area contributed by atoms with E-state index in [9.17, 15) is 14.9 Å². The fourth-order valence-corrected chi connectivity index (χ4v) is 3.49. The average molecular weight is 472 g/mol. The Morgan fingerprint density at radius 2 is 1.77 bits per heavy atom. The molecule has 0 aliphatic carbocycles. The molecule has 0 heterocycles. The predicted octanol–water partition coefficient (Wildman–Crippen LogP) is 4.88. The fourth-order valence-electron chi connectivity index (χ4n) is 3.49. The smallest absolute Gasteiger partial charge is 0.343 e. The first kappa shape index (κ1) is 25.3. The van der Waals surface area contributed by atoms with E-state index < -0.39 is 5.97 Å². The maximum absolute atomic E-state index is 12.9. The van der Waals surface area contributed by atoms with E-state index in [1.165, 1.54) is 12.7 Å². The topological polar surface area (TPSA) is 91.7 Å². The second-order valence-electron chi connectivity index (χ2n) is 8.36. The molecule has 35 heavy (non-hydrogen) atoms. The van der Waals surface area contributed by atoms with E-state index in [1.807, 2.05) is 53.4 Å². The molecule has 0 aromatic heterocycles. The Balaban J connectivity index is 1.77. The Labute approximate surface area is 205 Å². The molecule has 0 saturated heterocycles. The largest absolute Gasteiger partial charge is 0.482 e. The molecule has 0 aliphatic rings. The van der Waals surface area contributed by atoms with E-state index in [4.69, 9.17) is 4.74 Å². The molecule has 7 nitrogen and oxygen atoms in total. The van der Waals surface area contributed by atoms with Crippen molar-refractivity contribution in [3.05, 3.63) is 89.5 Å². The minimum Gasteiger partial charge on any atom is -0.482 e. The number of anilines is 2. The normalized spacial score (nSPS) is 10.4. The summed E-state index contributed by atoms with van der Waals surface area (Å²) in [5, 5.41) is 12.3. The molecule has 0 radical (unpaired) electrons. The molecule has 3 aromatic rings. The summed E-state index contributed by atoms with van der Waals surface area (Å²) in [6.07, 6.45) is 0. The van der Waals surface area contributed by atoms with Crippen molar-refractivity contribution in [1.82, 2.24) is 0 Å². The minimum atomic E-state index is -0.469. The molecule has 7 heteroatoms. The summed E-state index contributed by atoms with van der Waals surface area (Å²) in [6, 6.07) is 24.4. The van der Waals surface area contributed by atoms with Gasteiger partial charge in [-0.15, -0.1) is 0 Å². The highest BCUT2D eigenvalue weighted by atomic mass is 16.6. The second kappa shape index (κ2) is 12.2. The molecule has 0 saturated carbocycles. The molecule has 1 N–H and O–H groups in total. The quantitative estimate of drug-likeness (QED) is 0.424. The summed E-state index contributed by atoms with van der Waals surface area (Å²) in [5.74, 6) is 0.287. The van der Waals surface area contributed by atoms with Crippen LogP contribution in [0.2, 0.25) is 0 Å². The minimum absolute atomic E-state index is 0.0774. The van der Waals surface area contributed by atoms with E-state index in [0.29, 0.717) is 23.8 Å². The third kappa shape index (κ3) is 7.61. The van der Waals surface area contributed by atoms with Crippen molar-refractivity contribution in [3.8, 4) is 11.8 Å². The lowest BCUT2D eigenvalue weighted by Gasteiger charge is -2.25. The highest BCUT2D eigenvalue weighted by Crippen LogP contribution is 2.22. The van der Waals surface area contributed by atoms with Gasteiger partial charge in [-0.05, 0) is 59.5 Å². The number of benzene rings is 3. The zero-order chi connectivity index (χ0) is 25.2. The van der Waals surface area contributed by atoms with Crippen LogP contribution in [0.15, 0.2) is 72.8 Å². The highest BCUT2D eigenvalue weighted by Gasteiger charge is 2.14. The SMILES string of the molecule is COC(=O)COc1cccc(CN(CC(=O)Nc2ccc(C(C)C)cc2)c2cccc(C#N)c2)c1. The van der Waals surface area contributed by atoms with Crippen molar-refractivity contribution in [2.45, 2.75) is 26.3 Å². The Morgan fingerprint density at radius 3 is 2.46 bits per heavy atom. The first-order valence-electron chi connectivity index (χ1n) is 11.3. The number of esters is 1. The molecular weight excluding hydrogens is 442 g/mol. The van der Waals surface area contributed by atoms with Crippen molar-refractivity contribution in [3.63, 3.8) is 0 Å². The molecule has 0 atom stereocenters. The third-order valence-corrected chi connectivity index (χ3v) is 5.39. The van der Waals surface area contributed by atoms with Gasteiger partial charge in [-0.2, -0.15) is 5.26 Å². The summed E-state index contributed by atoms with van der Waals surface area (Å²) in [5.41, 5.74) is 4.06. The highest BCUT2D eigenvalue weighted by molar-refractivity contribution is 5.94. The number of nitriles is 1. The lowest BCUT2D eigenvalue weighted by atomic mass is 10.0. The Morgan fingerprint density at radius 1 is 1.03 bits per heavy atom. The number of rotatable bonds is 10. The monoisotopic (exact) mass is 471 g/mol. The molecule has 0 aliphatic heterocycles. The summed E-state index contributed by atoms with van der Waals surface area (Å²) >= 11 is 0. The first-order valence-corrected chi connectivity index (χ1v) is 11.3. The van der Waals surface area contributed by atoms with Crippen LogP contribution in [0, 0.1) is 11.3 Å². The van der Waals surface area contributed by atoms with Crippen molar-refractivity contribution in [2.24, 2.45) is 0 Å². The number of nitrogens with one attached hydrogen (secondary N) is 1. The standard InChI is InChI=1S/C28H29N3O4/c1-20(2)23-10-12-24(13-11-23)30-27(32)18-31(25-8-4-6-21(14-25)16-29)17-22-7-5-9-26(15-22)35-19-28(33)34-3/h4-15,20H,17-19H2,1-3H3,(H,30,32). The molecular formula is C28H29N3O4. The number of nitrogens with zero attached hydrogens (tertiary/aromatic N) is 2. The maximum Gasteiger partial charge on any atom is 0.343 e. The third-order valence-electron chi connectivity index (χ3n) is 5.39. The fraction of sp³-hybridized carbons (Fsp3) is 0.250. The molecule has 0 bridgehead atoms. The lowest BCUT2D eigenvalue weighted by molar-refractivity contribution is -0.142. The molecule has 1 amide bonds. The van der Waals surface area contributed by atoms with E-state index >= 15 is 0 Å². The summed E-state index contributed by atoms with van der Waals surface area (Å²) in [6.45, 7) is 4.52. The number of methoxy groups -OCH3 is 1. The van der Waals surface area contributed by atoms with Gasteiger partial charge in [0.25, 0.3) is 0 Å². The van der Waals surface area contributed by atoms with Crippen LogP contribution in [0.4, 0.5) is 11.4 Å². The molecule has 3 aromatic carbocycles. The Kier molecular flexibility index (Phi) is 8.85.